The van der Waals surface area contributed by atoms with Crippen molar-refractivity contribution in [1.29, 1.82) is 0 Å². The van der Waals surface area contributed by atoms with E-state index in [0.717, 1.165) is 120 Å². The lowest BCUT2D eigenvalue weighted by atomic mass is 9.99. The molecule has 0 amide bonds. The smallest absolute Gasteiger partial charge is 0.462 e. The van der Waals surface area contributed by atoms with Crippen LogP contribution in [0.3, 0.4) is 0 Å². The number of rotatable bonds is 67. The number of phosphoric acid groups is 2. The van der Waals surface area contributed by atoms with E-state index in [-0.39, 0.29) is 25.7 Å². The molecule has 0 aromatic rings. The van der Waals surface area contributed by atoms with Crippen LogP contribution in [0.1, 0.15) is 344 Å². The zero-order valence-electron chi connectivity index (χ0n) is 58.1. The highest BCUT2D eigenvalue weighted by molar-refractivity contribution is 7.47. The Labute approximate surface area is 543 Å². The molecular weight excluding hydrogens is 1170 g/mol. The van der Waals surface area contributed by atoms with Gasteiger partial charge in [0, 0.05) is 25.7 Å². The van der Waals surface area contributed by atoms with Crippen molar-refractivity contribution in [2.75, 3.05) is 39.6 Å². The number of esters is 4. The number of phosphoric ester groups is 2. The van der Waals surface area contributed by atoms with Crippen molar-refractivity contribution >= 4 is 39.5 Å². The Hall–Kier alpha value is -1.94. The molecule has 0 aromatic carbocycles. The van der Waals surface area contributed by atoms with Gasteiger partial charge in [0.2, 0.25) is 0 Å². The maximum atomic E-state index is 13.0. The topological polar surface area (TPSA) is 237 Å². The van der Waals surface area contributed by atoms with E-state index < -0.39 is 97.5 Å². The third-order valence-corrected chi connectivity index (χ3v) is 18.7. The average Bonchev–Trinajstić information content (AvgIpc) is 3.64. The fourth-order valence-electron chi connectivity index (χ4n) is 10.4. The van der Waals surface area contributed by atoms with E-state index in [2.05, 4.69) is 55.4 Å². The van der Waals surface area contributed by atoms with Crippen LogP contribution in [0.5, 0.6) is 0 Å². The molecule has 17 nitrogen and oxygen atoms in total. The van der Waals surface area contributed by atoms with Gasteiger partial charge in [-0.25, -0.2) is 9.13 Å². The van der Waals surface area contributed by atoms with E-state index in [9.17, 15) is 43.2 Å². The van der Waals surface area contributed by atoms with Crippen molar-refractivity contribution in [1.82, 2.24) is 0 Å². The van der Waals surface area contributed by atoms with Crippen LogP contribution in [-0.4, -0.2) is 96.7 Å². The fourth-order valence-corrected chi connectivity index (χ4v) is 12.0. The second-order valence-corrected chi connectivity index (χ2v) is 29.6. The molecule has 0 aliphatic rings. The van der Waals surface area contributed by atoms with E-state index in [4.69, 9.17) is 37.0 Å². The lowest BCUT2D eigenvalue weighted by Gasteiger charge is -2.21. The van der Waals surface area contributed by atoms with Gasteiger partial charge in [0.05, 0.1) is 26.4 Å². The molecule has 0 saturated heterocycles. The summed E-state index contributed by atoms with van der Waals surface area (Å²) in [7, 11) is -9.90. The number of ether oxygens (including phenoxy) is 4. The Bertz CT molecular complexity index is 1770. The van der Waals surface area contributed by atoms with Gasteiger partial charge in [0.15, 0.2) is 12.2 Å². The molecule has 0 aliphatic heterocycles. The molecule has 0 radical (unpaired) electrons. The molecular formula is C70H136O17P2. The maximum absolute atomic E-state index is 13.0. The van der Waals surface area contributed by atoms with Crippen molar-refractivity contribution in [2.24, 2.45) is 23.7 Å². The first-order valence-corrected chi connectivity index (χ1v) is 39.3. The summed E-state index contributed by atoms with van der Waals surface area (Å²) in [4.78, 5) is 72.5. The van der Waals surface area contributed by atoms with Crippen molar-refractivity contribution in [3.05, 3.63) is 0 Å². The minimum Gasteiger partial charge on any atom is -0.462 e. The van der Waals surface area contributed by atoms with E-state index in [1.807, 2.05) is 0 Å². The molecule has 0 heterocycles. The lowest BCUT2D eigenvalue weighted by Crippen LogP contribution is -2.30. The first-order valence-electron chi connectivity index (χ1n) is 36.3. The Morgan fingerprint density at radius 1 is 0.315 bits per heavy atom. The Morgan fingerprint density at radius 3 is 0.798 bits per heavy atom. The van der Waals surface area contributed by atoms with Gasteiger partial charge in [-0.15, -0.1) is 0 Å². The van der Waals surface area contributed by atoms with Crippen LogP contribution in [0, 0.1) is 23.7 Å². The Morgan fingerprint density at radius 2 is 0.539 bits per heavy atom. The monoisotopic (exact) mass is 1310 g/mol. The molecule has 89 heavy (non-hydrogen) atoms. The molecule has 0 bridgehead atoms. The summed E-state index contributed by atoms with van der Waals surface area (Å²) in [5.41, 5.74) is 0. The fraction of sp³-hybridized carbons (Fsp3) is 0.943. The summed E-state index contributed by atoms with van der Waals surface area (Å²) < 4.78 is 68.3. The standard InChI is InChI=1S/C70H136O17P2/c1-9-62(7)48-40-32-24-17-14-15-19-27-37-45-53-70(75)86-65(56-80-67(72)50-42-34-25-21-20-23-31-39-47-61(5)6)58-84-88(76,77)82-54-64(71)55-83-89(78,79)85-59-66(57-81-68(73)51-43-35-29-28-33-41-49-63(8)10-2)87-69(74)52-44-36-26-18-13-11-12-16-22-30-38-46-60(3)4/h60-66,71H,9-59H2,1-8H3,(H,76,77)(H,78,79)/t62?,63?,64?,65-,66-/m1/s1. The molecule has 0 spiro atoms. The van der Waals surface area contributed by atoms with E-state index in [1.165, 1.54) is 141 Å². The summed E-state index contributed by atoms with van der Waals surface area (Å²) in [6, 6.07) is 0. The first-order chi connectivity index (χ1) is 42.7. The Balaban J connectivity index is 5.27. The molecule has 0 aliphatic carbocycles. The summed E-state index contributed by atoms with van der Waals surface area (Å²) in [5, 5.41) is 10.6. The van der Waals surface area contributed by atoms with Crippen LogP contribution in [-0.2, 0) is 65.4 Å². The molecule has 0 rings (SSSR count). The molecule has 528 valence electrons. The van der Waals surface area contributed by atoms with Gasteiger partial charge in [-0.1, -0.05) is 293 Å². The van der Waals surface area contributed by atoms with Crippen LogP contribution in [0.25, 0.3) is 0 Å². The van der Waals surface area contributed by atoms with E-state index in [1.54, 1.807) is 0 Å². The summed E-state index contributed by atoms with van der Waals surface area (Å²) in [6.45, 7) is 14.1. The highest BCUT2D eigenvalue weighted by Gasteiger charge is 2.30. The van der Waals surface area contributed by atoms with Gasteiger partial charge in [-0.3, -0.25) is 37.3 Å². The number of aliphatic hydroxyl groups is 1. The molecule has 3 N–H and O–H groups in total. The average molecular weight is 1310 g/mol. The number of hydrogen-bond donors (Lipinski definition) is 3. The second-order valence-electron chi connectivity index (χ2n) is 26.7. The van der Waals surface area contributed by atoms with Crippen molar-refractivity contribution < 1.29 is 80.2 Å². The summed E-state index contributed by atoms with van der Waals surface area (Å²) >= 11 is 0. The highest BCUT2D eigenvalue weighted by Crippen LogP contribution is 2.45. The molecule has 0 aromatic heterocycles. The Kier molecular flexibility index (Phi) is 58.5. The van der Waals surface area contributed by atoms with E-state index >= 15 is 0 Å². The number of unbranched alkanes of at least 4 members (excludes halogenated alkanes) is 31. The van der Waals surface area contributed by atoms with Crippen molar-refractivity contribution in [2.45, 2.75) is 363 Å². The SMILES string of the molecule is CCC(C)CCCCCCCCCCCCC(=O)O[C@H](COC(=O)CCCCCCCCCCC(C)C)COP(=O)(O)OCC(O)COP(=O)(O)OC[C@@H](COC(=O)CCCCCCCCC(C)CC)OC(=O)CCCCCCCCCCCCCC(C)C. The maximum Gasteiger partial charge on any atom is 0.472 e. The molecule has 0 saturated carbocycles. The van der Waals surface area contributed by atoms with Crippen LogP contribution in [0.15, 0.2) is 0 Å². The lowest BCUT2D eigenvalue weighted by molar-refractivity contribution is -0.161. The van der Waals surface area contributed by atoms with Gasteiger partial charge in [0.1, 0.15) is 19.3 Å². The van der Waals surface area contributed by atoms with Gasteiger partial charge >= 0.3 is 39.5 Å². The first kappa shape index (κ1) is 87.1. The number of hydrogen-bond acceptors (Lipinski definition) is 15. The van der Waals surface area contributed by atoms with Crippen LogP contribution in [0.4, 0.5) is 0 Å². The quantitative estimate of drug-likeness (QED) is 0.0222. The summed E-state index contributed by atoms with van der Waals surface area (Å²) in [5.74, 6) is 0.895. The second kappa shape index (κ2) is 59.8. The predicted octanol–water partition coefficient (Wildman–Crippen LogP) is 19.7. The third-order valence-electron chi connectivity index (χ3n) is 16.8. The highest BCUT2D eigenvalue weighted by atomic mass is 31.2. The largest absolute Gasteiger partial charge is 0.472 e. The predicted molar refractivity (Wildman–Crippen MR) is 358 cm³/mol. The number of carbonyl (C=O) groups excluding carboxylic acids is 4. The molecule has 0 fully saturated rings. The van der Waals surface area contributed by atoms with Gasteiger partial charge < -0.3 is 33.8 Å². The van der Waals surface area contributed by atoms with Crippen LogP contribution >= 0.6 is 15.6 Å². The van der Waals surface area contributed by atoms with Crippen LogP contribution < -0.4 is 0 Å². The van der Waals surface area contributed by atoms with Gasteiger partial charge in [-0.05, 0) is 49.4 Å². The van der Waals surface area contributed by atoms with Gasteiger partial charge in [0.25, 0.3) is 0 Å². The third kappa shape index (κ3) is 62.0. The zero-order chi connectivity index (χ0) is 66.1. The molecule has 7 atom stereocenters. The minimum absolute atomic E-state index is 0.105. The van der Waals surface area contributed by atoms with Crippen LogP contribution in [0.2, 0.25) is 0 Å². The van der Waals surface area contributed by atoms with Crippen molar-refractivity contribution in [3.63, 3.8) is 0 Å². The summed E-state index contributed by atoms with van der Waals surface area (Å²) in [6.07, 6.45) is 41.6. The molecule has 5 unspecified atom stereocenters. The zero-order valence-corrected chi connectivity index (χ0v) is 59.8. The normalized spacial score (nSPS) is 14.9. The number of carbonyl (C=O) groups is 4. The van der Waals surface area contributed by atoms with Crippen molar-refractivity contribution in [3.8, 4) is 0 Å². The van der Waals surface area contributed by atoms with Gasteiger partial charge in [-0.2, -0.15) is 0 Å². The van der Waals surface area contributed by atoms with E-state index in [0.29, 0.717) is 25.7 Å². The number of aliphatic hydroxyl groups excluding tert-OH is 1. The minimum atomic E-state index is -4.95. The molecule has 19 heteroatoms.